The molecule has 0 radical (unpaired) electrons. The van der Waals surface area contributed by atoms with Crippen LogP contribution in [-0.4, -0.2) is 50.8 Å². The number of rotatable bonds is 6. The zero-order valence-electron chi connectivity index (χ0n) is 10.5. The first-order chi connectivity index (χ1) is 7.24. The van der Waals surface area contributed by atoms with Gasteiger partial charge in [0.05, 0.1) is 6.61 Å². The molecule has 1 aliphatic rings. The second-order valence-electron chi connectivity index (χ2n) is 4.77. The zero-order chi connectivity index (χ0) is 11.1. The van der Waals surface area contributed by atoms with Crippen LogP contribution in [0.15, 0.2) is 0 Å². The quantitative estimate of drug-likeness (QED) is 0.722. The Kier molecular flexibility index (Phi) is 6.22. The molecule has 90 valence electrons. The van der Waals surface area contributed by atoms with Crippen LogP contribution in [0.3, 0.4) is 0 Å². The molecular formula is C12H26N2O. The number of hydrogen-bond acceptors (Lipinski definition) is 3. The Morgan fingerprint density at radius 1 is 1.33 bits per heavy atom. The summed E-state index contributed by atoms with van der Waals surface area (Å²) in [5.41, 5.74) is 0. The normalized spacial score (nSPS) is 19.0. The maximum Gasteiger partial charge on any atom is 0.0589 e. The van der Waals surface area contributed by atoms with Crippen LogP contribution in [0.1, 0.15) is 26.7 Å². The van der Waals surface area contributed by atoms with E-state index >= 15 is 0 Å². The largest absolute Gasteiger partial charge is 0.383 e. The minimum Gasteiger partial charge on any atom is -0.383 e. The van der Waals surface area contributed by atoms with Crippen molar-refractivity contribution in [3.8, 4) is 0 Å². The van der Waals surface area contributed by atoms with E-state index in [9.17, 15) is 0 Å². The van der Waals surface area contributed by atoms with Gasteiger partial charge in [0.1, 0.15) is 0 Å². The maximum atomic E-state index is 5.16. The number of hydrogen-bond donors (Lipinski definition) is 1. The van der Waals surface area contributed by atoms with Crippen molar-refractivity contribution in [1.29, 1.82) is 0 Å². The predicted octanol–water partition coefficient (Wildman–Crippen LogP) is 1.34. The summed E-state index contributed by atoms with van der Waals surface area (Å²) in [5.74, 6) is 0.880. The van der Waals surface area contributed by atoms with Crippen molar-refractivity contribution in [1.82, 2.24) is 10.2 Å². The Labute approximate surface area is 94.2 Å². The van der Waals surface area contributed by atoms with Gasteiger partial charge in [0.25, 0.3) is 0 Å². The number of nitrogens with one attached hydrogen (secondary N) is 1. The molecule has 0 aromatic carbocycles. The molecule has 0 saturated carbocycles. The van der Waals surface area contributed by atoms with Crippen molar-refractivity contribution in [3.63, 3.8) is 0 Å². The van der Waals surface area contributed by atoms with Gasteiger partial charge in [-0.1, -0.05) is 0 Å². The lowest BCUT2D eigenvalue weighted by Gasteiger charge is -2.32. The molecule has 15 heavy (non-hydrogen) atoms. The predicted molar refractivity (Wildman–Crippen MR) is 64.2 cm³/mol. The molecule has 0 aromatic heterocycles. The van der Waals surface area contributed by atoms with E-state index in [1.165, 1.54) is 32.5 Å². The molecule has 0 amide bonds. The van der Waals surface area contributed by atoms with Crippen LogP contribution in [0.25, 0.3) is 0 Å². The van der Waals surface area contributed by atoms with Gasteiger partial charge in [-0.25, -0.2) is 0 Å². The van der Waals surface area contributed by atoms with Gasteiger partial charge in [-0.3, -0.25) is 4.90 Å². The van der Waals surface area contributed by atoms with Crippen LogP contribution in [0.4, 0.5) is 0 Å². The standard InChI is InChI=1S/C12H26N2O/c1-11(2)14(8-9-15-3)10-12-4-6-13-7-5-12/h11-13H,4-10H2,1-3H3. The summed E-state index contributed by atoms with van der Waals surface area (Å²) in [7, 11) is 1.78. The highest BCUT2D eigenvalue weighted by Crippen LogP contribution is 2.14. The molecule has 0 aromatic rings. The van der Waals surface area contributed by atoms with Gasteiger partial charge in [-0.05, 0) is 45.7 Å². The van der Waals surface area contributed by atoms with Crippen molar-refractivity contribution in [2.45, 2.75) is 32.7 Å². The third-order valence-corrected chi connectivity index (χ3v) is 3.26. The first-order valence-electron chi connectivity index (χ1n) is 6.17. The second-order valence-corrected chi connectivity index (χ2v) is 4.77. The zero-order valence-corrected chi connectivity index (χ0v) is 10.5. The Morgan fingerprint density at radius 2 is 2.00 bits per heavy atom. The average Bonchev–Trinajstić information content (AvgIpc) is 2.25. The van der Waals surface area contributed by atoms with Gasteiger partial charge in [0, 0.05) is 26.2 Å². The number of methoxy groups -OCH3 is 1. The smallest absolute Gasteiger partial charge is 0.0589 e. The third-order valence-electron chi connectivity index (χ3n) is 3.26. The topological polar surface area (TPSA) is 24.5 Å². The highest BCUT2D eigenvalue weighted by atomic mass is 16.5. The van der Waals surface area contributed by atoms with Crippen LogP contribution < -0.4 is 5.32 Å². The number of ether oxygens (including phenoxy) is 1. The first-order valence-corrected chi connectivity index (χ1v) is 6.17. The SMILES string of the molecule is COCCN(CC1CCNCC1)C(C)C. The monoisotopic (exact) mass is 214 g/mol. The molecule has 1 saturated heterocycles. The van der Waals surface area contributed by atoms with Crippen LogP contribution in [0.5, 0.6) is 0 Å². The van der Waals surface area contributed by atoms with Crippen molar-refractivity contribution in [2.75, 3.05) is 39.9 Å². The van der Waals surface area contributed by atoms with Crippen molar-refractivity contribution >= 4 is 0 Å². The molecule has 3 heteroatoms. The van der Waals surface area contributed by atoms with Gasteiger partial charge in [0.15, 0.2) is 0 Å². The van der Waals surface area contributed by atoms with Gasteiger partial charge in [0.2, 0.25) is 0 Å². The van der Waals surface area contributed by atoms with E-state index in [0.29, 0.717) is 6.04 Å². The van der Waals surface area contributed by atoms with Crippen LogP contribution in [0, 0.1) is 5.92 Å². The van der Waals surface area contributed by atoms with Crippen LogP contribution in [-0.2, 0) is 4.74 Å². The molecule has 0 aliphatic carbocycles. The van der Waals surface area contributed by atoms with E-state index in [0.717, 1.165) is 19.1 Å². The van der Waals surface area contributed by atoms with Gasteiger partial charge < -0.3 is 10.1 Å². The van der Waals surface area contributed by atoms with Crippen molar-refractivity contribution < 1.29 is 4.74 Å². The van der Waals surface area contributed by atoms with E-state index in [1.807, 2.05) is 0 Å². The van der Waals surface area contributed by atoms with E-state index in [4.69, 9.17) is 4.74 Å². The van der Waals surface area contributed by atoms with E-state index < -0.39 is 0 Å². The summed E-state index contributed by atoms with van der Waals surface area (Å²) < 4.78 is 5.16. The number of nitrogens with zero attached hydrogens (tertiary/aromatic N) is 1. The van der Waals surface area contributed by atoms with Gasteiger partial charge in [-0.15, -0.1) is 0 Å². The summed E-state index contributed by atoms with van der Waals surface area (Å²) in [6.45, 7) is 10.1. The van der Waals surface area contributed by atoms with E-state index in [-0.39, 0.29) is 0 Å². The van der Waals surface area contributed by atoms with Gasteiger partial charge >= 0.3 is 0 Å². The highest BCUT2D eigenvalue weighted by Gasteiger charge is 2.18. The van der Waals surface area contributed by atoms with Crippen LogP contribution >= 0.6 is 0 Å². The Hall–Kier alpha value is -0.120. The van der Waals surface area contributed by atoms with Crippen LogP contribution in [0.2, 0.25) is 0 Å². The number of piperidine rings is 1. The van der Waals surface area contributed by atoms with E-state index in [1.54, 1.807) is 7.11 Å². The average molecular weight is 214 g/mol. The fraction of sp³-hybridized carbons (Fsp3) is 1.00. The molecule has 3 nitrogen and oxygen atoms in total. The fourth-order valence-electron chi connectivity index (χ4n) is 2.16. The summed E-state index contributed by atoms with van der Waals surface area (Å²) in [4.78, 5) is 2.54. The minimum absolute atomic E-state index is 0.634. The summed E-state index contributed by atoms with van der Waals surface area (Å²) in [5, 5.41) is 3.42. The lowest BCUT2D eigenvalue weighted by atomic mass is 9.97. The molecule has 1 N–H and O–H groups in total. The van der Waals surface area contributed by atoms with Gasteiger partial charge in [-0.2, -0.15) is 0 Å². The Balaban J connectivity index is 2.28. The molecule has 0 bridgehead atoms. The van der Waals surface area contributed by atoms with Crippen molar-refractivity contribution in [3.05, 3.63) is 0 Å². The molecule has 0 atom stereocenters. The fourth-order valence-corrected chi connectivity index (χ4v) is 2.16. The summed E-state index contributed by atoms with van der Waals surface area (Å²) in [6, 6.07) is 0.634. The Bertz CT molecular complexity index is 156. The summed E-state index contributed by atoms with van der Waals surface area (Å²) in [6.07, 6.45) is 2.66. The maximum absolute atomic E-state index is 5.16. The first kappa shape index (κ1) is 12.9. The molecular weight excluding hydrogens is 188 g/mol. The lowest BCUT2D eigenvalue weighted by Crippen LogP contribution is -2.40. The van der Waals surface area contributed by atoms with Crippen molar-refractivity contribution in [2.24, 2.45) is 5.92 Å². The molecule has 0 unspecified atom stereocenters. The Morgan fingerprint density at radius 3 is 2.53 bits per heavy atom. The lowest BCUT2D eigenvalue weighted by molar-refractivity contribution is 0.110. The molecule has 1 fully saturated rings. The molecule has 1 rings (SSSR count). The minimum atomic E-state index is 0.634. The van der Waals surface area contributed by atoms with E-state index in [2.05, 4.69) is 24.1 Å². The molecule has 1 aliphatic heterocycles. The molecule has 1 heterocycles. The summed E-state index contributed by atoms with van der Waals surface area (Å²) >= 11 is 0. The third kappa shape index (κ3) is 4.96. The second kappa shape index (κ2) is 7.20. The molecule has 0 spiro atoms. The highest BCUT2D eigenvalue weighted by molar-refractivity contribution is 4.74.